The molecule has 0 unspecified atom stereocenters. The predicted molar refractivity (Wildman–Crippen MR) is 126 cm³/mol. The third-order valence-corrected chi connectivity index (χ3v) is 10.1. The van der Waals surface area contributed by atoms with Gasteiger partial charge in [-0.25, -0.2) is 4.98 Å². The van der Waals surface area contributed by atoms with Crippen LogP contribution in [0, 0.1) is 6.92 Å². The highest BCUT2D eigenvalue weighted by molar-refractivity contribution is 9.10. The zero-order chi connectivity index (χ0) is 19.4. The molecule has 1 heterocycles. The van der Waals surface area contributed by atoms with Crippen molar-refractivity contribution in [1.82, 2.24) is 4.98 Å². The molecule has 0 N–H and O–H groups in total. The van der Waals surface area contributed by atoms with Crippen molar-refractivity contribution in [2.75, 3.05) is 0 Å². The Morgan fingerprint density at radius 3 is 1.46 bits per heavy atom. The van der Waals surface area contributed by atoms with Crippen LogP contribution in [0.1, 0.15) is 11.3 Å². The molecule has 0 saturated heterocycles. The average Bonchev–Trinajstić information content (AvgIpc) is 2.75. The van der Waals surface area contributed by atoms with Crippen molar-refractivity contribution in [1.29, 1.82) is 0 Å². The Balaban J connectivity index is 2.01. The molecular formula is C25H22BrNP+. The van der Waals surface area contributed by atoms with Gasteiger partial charge in [-0.1, -0.05) is 60.7 Å². The maximum atomic E-state index is 4.67. The molecule has 0 saturated carbocycles. The summed E-state index contributed by atoms with van der Waals surface area (Å²) in [4.78, 5) is 4.67. The van der Waals surface area contributed by atoms with Gasteiger partial charge in [0.15, 0.2) is 0 Å². The maximum absolute atomic E-state index is 4.67. The third kappa shape index (κ3) is 3.68. The van der Waals surface area contributed by atoms with E-state index in [1.165, 1.54) is 21.5 Å². The van der Waals surface area contributed by atoms with Gasteiger partial charge in [-0.15, -0.1) is 0 Å². The normalized spacial score (nSPS) is 11.4. The summed E-state index contributed by atoms with van der Waals surface area (Å²) in [5.41, 5.74) is 2.27. The molecule has 3 heteroatoms. The molecule has 138 valence electrons. The summed E-state index contributed by atoms with van der Waals surface area (Å²) in [6.45, 7) is 2.03. The molecule has 0 aliphatic heterocycles. The fraction of sp³-hybridized carbons (Fsp3) is 0.0800. The first kappa shape index (κ1) is 19.1. The molecule has 0 radical (unpaired) electrons. The molecular weight excluding hydrogens is 425 g/mol. The second-order valence-corrected chi connectivity index (χ2v) is 11.1. The molecule has 28 heavy (non-hydrogen) atoms. The monoisotopic (exact) mass is 446 g/mol. The fourth-order valence-corrected chi connectivity index (χ4v) is 8.72. The summed E-state index contributed by atoms with van der Waals surface area (Å²) in [7, 11) is -1.89. The lowest BCUT2D eigenvalue weighted by Gasteiger charge is -2.28. The third-order valence-electron chi connectivity index (χ3n) is 5.06. The lowest BCUT2D eigenvalue weighted by Crippen LogP contribution is -2.32. The second-order valence-electron chi connectivity index (χ2n) is 6.88. The standard InChI is InChI=1S/C25H22BrNP/c1-20-17-18-21(25(26)27-20)19-28(22-11-5-2-6-12-22,23-13-7-3-8-14-23)24-15-9-4-10-16-24/h2-18H,19H2,1H3/q+1. The summed E-state index contributed by atoms with van der Waals surface area (Å²) in [5, 5.41) is 4.17. The van der Waals surface area contributed by atoms with E-state index in [-0.39, 0.29) is 0 Å². The van der Waals surface area contributed by atoms with Gasteiger partial charge in [0.1, 0.15) is 33.9 Å². The Morgan fingerprint density at radius 1 is 0.643 bits per heavy atom. The van der Waals surface area contributed by atoms with Crippen LogP contribution in [0.15, 0.2) is 108 Å². The quantitative estimate of drug-likeness (QED) is 0.285. The number of nitrogens with zero attached hydrogens (tertiary/aromatic N) is 1. The predicted octanol–water partition coefficient (Wildman–Crippen LogP) is 5.65. The number of halogens is 1. The molecule has 1 aromatic heterocycles. The number of pyridine rings is 1. The van der Waals surface area contributed by atoms with E-state index in [0.29, 0.717) is 0 Å². The Kier molecular flexibility index (Phi) is 5.71. The number of aryl methyl sites for hydroxylation is 1. The molecule has 0 atom stereocenters. The van der Waals surface area contributed by atoms with E-state index in [0.717, 1.165) is 16.5 Å². The molecule has 0 aliphatic carbocycles. The molecule has 4 rings (SSSR count). The van der Waals surface area contributed by atoms with Gasteiger partial charge in [0.05, 0.1) is 0 Å². The Morgan fingerprint density at radius 2 is 1.07 bits per heavy atom. The van der Waals surface area contributed by atoms with Crippen LogP contribution < -0.4 is 15.9 Å². The number of rotatable bonds is 5. The van der Waals surface area contributed by atoms with Crippen LogP contribution in [-0.4, -0.2) is 4.98 Å². The van der Waals surface area contributed by atoms with E-state index in [4.69, 9.17) is 0 Å². The summed E-state index contributed by atoms with van der Waals surface area (Å²) in [5.74, 6) is 0. The van der Waals surface area contributed by atoms with Crippen molar-refractivity contribution in [3.8, 4) is 0 Å². The van der Waals surface area contributed by atoms with Crippen LogP contribution in [0.4, 0.5) is 0 Å². The van der Waals surface area contributed by atoms with Gasteiger partial charge in [-0.3, -0.25) is 0 Å². The van der Waals surface area contributed by atoms with Crippen LogP contribution in [-0.2, 0) is 6.16 Å². The summed E-state index contributed by atoms with van der Waals surface area (Å²) < 4.78 is 0.944. The van der Waals surface area contributed by atoms with Crippen molar-refractivity contribution in [2.45, 2.75) is 13.1 Å². The van der Waals surface area contributed by atoms with E-state index in [2.05, 4.69) is 124 Å². The Bertz CT molecular complexity index is 953. The molecule has 4 aromatic rings. The average molecular weight is 447 g/mol. The first-order valence-corrected chi connectivity index (χ1v) is 12.1. The van der Waals surface area contributed by atoms with Gasteiger partial charge in [0.2, 0.25) is 0 Å². The van der Waals surface area contributed by atoms with E-state index in [9.17, 15) is 0 Å². The van der Waals surface area contributed by atoms with Gasteiger partial charge < -0.3 is 0 Å². The smallest absolute Gasteiger partial charge is 0.116 e. The minimum absolute atomic E-state index is 0.929. The first-order chi connectivity index (χ1) is 13.7. The SMILES string of the molecule is Cc1ccc(C[P+](c2ccccc2)(c2ccccc2)c2ccccc2)c(Br)n1. The minimum atomic E-state index is -1.89. The highest BCUT2D eigenvalue weighted by atomic mass is 79.9. The topological polar surface area (TPSA) is 12.9 Å². The first-order valence-electron chi connectivity index (χ1n) is 9.37. The van der Waals surface area contributed by atoms with Crippen LogP contribution in [0.5, 0.6) is 0 Å². The minimum Gasteiger partial charge on any atom is -0.246 e. The molecule has 3 aromatic carbocycles. The highest BCUT2D eigenvalue weighted by Crippen LogP contribution is 2.58. The van der Waals surface area contributed by atoms with E-state index in [1.54, 1.807) is 0 Å². The fourth-order valence-electron chi connectivity index (χ4n) is 3.70. The lowest BCUT2D eigenvalue weighted by molar-refractivity contribution is 1.12. The molecule has 1 nitrogen and oxygen atoms in total. The van der Waals surface area contributed by atoms with E-state index < -0.39 is 7.26 Å². The molecule has 0 bridgehead atoms. The molecule has 0 aliphatic rings. The molecule has 0 fully saturated rings. The van der Waals surface area contributed by atoms with Crippen LogP contribution in [0.2, 0.25) is 0 Å². The molecule has 0 amide bonds. The zero-order valence-corrected chi connectivity index (χ0v) is 18.3. The van der Waals surface area contributed by atoms with Crippen molar-refractivity contribution >= 4 is 39.1 Å². The lowest BCUT2D eigenvalue weighted by atomic mass is 10.3. The number of hydrogen-bond donors (Lipinski definition) is 0. The van der Waals surface area contributed by atoms with Crippen molar-refractivity contribution in [2.24, 2.45) is 0 Å². The van der Waals surface area contributed by atoms with Gasteiger partial charge in [0.25, 0.3) is 0 Å². The summed E-state index contributed by atoms with van der Waals surface area (Å²) in [6.07, 6.45) is 0.929. The Hall–Kier alpha value is -2.28. The highest BCUT2D eigenvalue weighted by Gasteiger charge is 2.45. The van der Waals surface area contributed by atoms with Crippen LogP contribution >= 0.6 is 23.2 Å². The number of aromatic nitrogens is 1. The van der Waals surface area contributed by atoms with Gasteiger partial charge in [-0.05, 0) is 65.3 Å². The van der Waals surface area contributed by atoms with E-state index in [1.807, 2.05) is 6.92 Å². The zero-order valence-electron chi connectivity index (χ0n) is 15.8. The largest absolute Gasteiger partial charge is 0.246 e. The maximum Gasteiger partial charge on any atom is 0.116 e. The number of benzene rings is 3. The van der Waals surface area contributed by atoms with Gasteiger partial charge in [0, 0.05) is 11.3 Å². The Labute approximate surface area is 176 Å². The number of hydrogen-bond acceptors (Lipinski definition) is 1. The second kappa shape index (κ2) is 8.39. The van der Waals surface area contributed by atoms with Crippen molar-refractivity contribution < 1.29 is 0 Å². The van der Waals surface area contributed by atoms with Crippen LogP contribution in [0.25, 0.3) is 0 Å². The summed E-state index contributed by atoms with van der Waals surface area (Å²) >= 11 is 3.72. The van der Waals surface area contributed by atoms with Crippen molar-refractivity contribution in [3.05, 3.63) is 119 Å². The van der Waals surface area contributed by atoms with E-state index >= 15 is 0 Å². The summed E-state index contributed by atoms with van der Waals surface area (Å²) in [6, 6.07) is 37.2. The van der Waals surface area contributed by atoms with Crippen LogP contribution in [0.3, 0.4) is 0 Å². The van der Waals surface area contributed by atoms with Gasteiger partial charge >= 0.3 is 0 Å². The van der Waals surface area contributed by atoms with Crippen molar-refractivity contribution in [3.63, 3.8) is 0 Å². The van der Waals surface area contributed by atoms with Gasteiger partial charge in [-0.2, -0.15) is 0 Å². The molecule has 0 spiro atoms.